The Morgan fingerprint density at radius 1 is 0.667 bits per heavy atom. The molecule has 1 nitrogen and oxygen atoms in total. The molecule has 0 bridgehead atoms. The Kier molecular flexibility index (Phi) is 5.82. The average molecular weight is 431 g/mol. The van der Waals surface area contributed by atoms with Crippen molar-refractivity contribution in [2.45, 2.75) is 31.8 Å². The lowest BCUT2D eigenvalue weighted by Gasteiger charge is -2.29. The molecule has 0 aliphatic heterocycles. The maximum absolute atomic E-state index is 15.2. The quantitative estimate of drug-likeness (QED) is 0.307. The van der Waals surface area contributed by atoms with E-state index < -0.39 is 7.14 Å². The molecule has 30 heavy (non-hydrogen) atoms. The fraction of sp³-hybridized carbons (Fsp3) is 0.185. The van der Waals surface area contributed by atoms with Crippen LogP contribution in [-0.4, -0.2) is 0 Å². The molecule has 0 aliphatic carbocycles. The van der Waals surface area contributed by atoms with Gasteiger partial charge in [-0.2, -0.15) is 0 Å². The van der Waals surface area contributed by atoms with Gasteiger partial charge in [-0.05, 0) is 23.1 Å². The molecule has 1 unspecified atom stereocenters. The summed E-state index contributed by atoms with van der Waals surface area (Å²) >= 11 is 1.79. The van der Waals surface area contributed by atoms with Gasteiger partial charge < -0.3 is 4.57 Å². The second-order valence-corrected chi connectivity index (χ2v) is 12.6. The van der Waals surface area contributed by atoms with Crippen LogP contribution in [0.2, 0.25) is 0 Å². The third-order valence-corrected chi connectivity index (χ3v) is 10.6. The molecule has 0 radical (unpaired) electrons. The predicted octanol–water partition coefficient (Wildman–Crippen LogP) is 7.15. The van der Waals surface area contributed by atoms with E-state index in [1.54, 1.807) is 11.3 Å². The lowest BCUT2D eigenvalue weighted by molar-refractivity contribution is 0.583. The van der Waals surface area contributed by atoms with E-state index in [4.69, 9.17) is 0 Å². The smallest absolute Gasteiger partial charge is 0.155 e. The van der Waals surface area contributed by atoms with Crippen LogP contribution >= 0.6 is 18.5 Å². The summed E-state index contributed by atoms with van der Waals surface area (Å²) in [6, 6.07) is 34.7. The van der Waals surface area contributed by atoms with E-state index in [0.29, 0.717) is 0 Å². The molecule has 152 valence electrons. The van der Waals surface area contributed by atoms with Crippen LogP contribution in [0.15, 0.2) is 103 Å². The van der Waals surface area contributed by atoms with Gasteiger partial charge in [-0.15, -0.1) is 11.3 Å². The first-order valence-electron chi connectivity index (χ1n) is 10.3. The zero-order chi connectivity index (χ0) is 21.2. The van der Waals surface area contributed by atoms with Crippen molar-refractivity contribution in [2.75, 3.05) is 0 Å². The molecular formula is C27H27OPS. The number of benzene rings is 3. The van der Waals surface area contributed by atoms with Crippen molar-refractivity contribution in [3.8, 4) is 0 Å². The molecule has 0 N–H and O–H groups in total. The van der Waals surface area contributed by atoms with E-state index in [1.165, 1.54) is 4.88 Å². The second-order valence-electron chi connectivity index (χ2n) is 8.59. The first-order valence-corrected chi connectivity index (χ1v) is 12.9. The van der Waals surface area contributed by atoms with Crippen molar-refractivity contribution in [3.63, 3.8) is 0 Å². The summed E-state index contributed by atoms with van der Waals surface area (Å²) in [6.45, 7) is 6.69. The Hall–Kier alpha value is -2.41. The van der Waals surface area contributed by atoms with E-state index >= 15 is 4.57 Å². The number of hydrogen-bond acceptors (Lipinski definition) is 2. The number of rotatable bonds is 5. The fourth-order valence-electron chi connectivity index (χ4n) is 3.84. The molecule has 1 heterocycles. The Labute approximate surface area is 183 Å². The standard InChI is InChI=1S/C27H27OPS/c1-27(2,3)25-20-19-24(30-25)26(21-13-7-4-8-14-21)29(28,22-15-9-5-10-16-22)23-17-11-6-12-18-23/h4-20,26H,1-3H3. The van der Waals surface area contributed by atoms with Crippen LogP contribution in [0.1, 0.15) is 41.7 Å². The fourth-order valence-corrected chi connectivity index (χ4v) is 8.68. The Morgan fingerprint density at radius 2 is 1.13 bits per heavy atom. The average Bonchev–Trinajstić information content (AvgIpc) is 3.26. The van der Waals surface area contributed by atoms with Crippen LogP contribution in [0.25, 0.3) is 0 Å². The Morgan fingerprint density at radius 3 is 1.57 bits per heavy atom. The maximum Gasteiger partial charge on any atom is 0.155 e. The van der Waals surface area contributed by atoms with Gasteiger partial charge in [-0.25, -0.2) is 0 Å². The van der Waals surface area contributed by atoms with Crippen LogP contribution in [0.3, 0.4) is 0 Å². The van der Waals surface area contributed by atoms with E-state index in [2.05, 4.69) is 45.0 Å². The molecule has 4 rings (SSSR count). The van der Waals surface area contributed by atoms with Crippen molar-refractivity contribution in [1.82, 2.24) is 0 Å². The zero-order valence-electron chi connectivity index (χ0n) is 17.7. The molecule has 3 aromatic carbocycles. The van der Waals surface area contributed by atoms with Gasteiger partial charge in [0.1, 0.15) is 0 Å². The van der Waals surface area contributed by atoms with Gasteiger partial charge in [0.15, 0.2) is 7.14 Å². The number of thiophene rings is 1. The van der Waals surface area contributed by atoms with Crippen molar-refractivity contribution in [2.24, 2.45) is 0 Å². The summed E-state index contributed by atoms with van der Waals surface area (Å²) in [5.74, 6) is 0. The highest BCUT2D eigenvalue weighted by Gasteiger charge is 2.40. The van der Waals surface area contributed by atoms with Crippen LogP contribution in [0.5, 0.6) is 0 Å². The van der Waals surface area contributed by atoms with Crippen molar-refractivity contribution in [1.29, 1.82) is 0 Å². The van der Waals surface area contributed by atoms with Crippen molar-refractivity contribution < 1.29 is 4.57 Å². The van der Waals surface area contributed by atoms with Crippen LogP contribution in [0.4, 0.5) is 0 Å². The highest BCUT2D eigenvalue weighted by atomic mass is 32.1. The molecular weight excluding hydrogens is 403 g/mol. The van der Waals surface area contributed by atoms with Gasteiger partial charge in [0.05, 0.1) is 5.66 Å². The maximum atomic E-state index is 15.2. The van der Waals surface area contributed by atoms with Crippen molar-refractivity contribution in [3.05, 3.63) is 118 Å². The van der Waals surface area contributed by atoms with Crippen LogP contribution < -0.4 is 10.6 Å². The molecule has 1 atom stereocenters. The van der Waals surface area contributed by atoms with Gasteiger partial charge in [0.25, 0.3) is 0 Å². The molecule has 0 aliphatic rings. The third-order valence-electron chi connectivity index (χ3n) is 5.39. The van der Waals surface area contributed by atoms with Crippen LogP contribution in [0, 0.1) is 0 Å². The summed E-state index contributed by atoms with van der Waals surface area (Å²) in [5, 5.41) is 1.80. The monoisotopic (exact) mass is 430 g/mol. The molecule has 0 spiro atoms. The molecule has 1 aromatic heterocycles. The summed E-state index contributed by atoms with van der Waals surface area (Å²) in [4.78, 5) is 2.47. The summed E-state index contributed by atoms with van der Waals surface area (Å²) < 4.78 is 15.2. The van der Waals surface area contributed by atoms with Gasteiger partial charge in [-0.1, -0.05) is 112 Å². The van der Waals surface area contributed by atoms with E-state index in [0.717, 1.165) is 21.0 Å². The molecule has 0 fully saturated rings. The number of hydrogen-bond donors (Lipinski definition) is 0. The lowest BCUT2D eigenvalue weighted by atomic mass is 9.95. The largest absolute Gasteiger partial charge is 0.313 e. The minimum absolute atomic E-state index is 0.0631. The van der Waals surface area contributed by atoms with Crippen molar-refractivity contribution >= 4 is 29.1 Å². The first kappa shape index (κ1) is 20.8. The van der Waals surface area contributed by atoms with Crippen LogP contribution in [-0.2, 0) is 9.98 Å². The Bertz CT molecular complexity index is 1100. The Balaban J connectivity index is 2.00. The van der Waals surface area contributed by atoms with E-state index in [9.17, 15) is 0 Å². The van der Waals surface area contributed by atoms with Gasteiger partial charge >= 0.3 is 0 Å². The van der Waals surface area contributed by atoms with Gasteiger partial charge in [0.2, 0.25) is 0 Å². The summed E-state index contributed by atoms with van der Waals surface area (Å²) in [7, 11) is -3.01. The molecule has 0 saturated heterocycles. The SMILES string of the molecule is CC(C)(C)c1ccc(C(c2ccccc2)P(=O)(c2ccccc2)c2ccccc2)s1. The molecule has 0 amide bonds. The molecule has 3 heteroatoms. The first-order chi connectivity index (χ1) is 14.4. The lowest BCUT2D eigenvalue weighted by Crippen LogP contribution is -2.21. The van der Waals surface area contributed by atoms with Gasteiger partial charge in [0, 0.05) is 20.4 Å². The second kappa shape index (κ2) is 8.38. The molecule has 4 aromatic rings. The van der Waals surface area contributed by atoms with E-state index in [1.807, 2.05) is 78.9 Å². The summed E-state index contributed by atoms with van der Waals surface area (Å²) in [5.41, 5.74) is 0.939. The zero-order valence-corrected chi connectivity index (χ0v) is 19.4. The predicted molar refractivity (Wildman–Crippen MR) is 131 cm³/mol. The topological polar surface area (TPSA) is 17.1 Å². The molecule has 0 saturated carbocycles. The normalized spacial score (nSPS) is 13.2. The highest BCUT2D eigenvalue weighted by Crippen LogP contribution is 2.61. The minimum Gasteiger partial charge on any atom is -0.313 e. The minimum atomic E-state index is -3.01. The summed E-state index contributed by atoms with van der Waals surface area (Å²) in [6.07, 6.45) is 0. The highest BCUT2D eigenvalue weighted by molar-refractivity contribution is 7.79. The van der Waals surface area contributed by atoms with E-state index in [-0.39, 0.29) is 11.1 Å². The van der Waals surface area contributed by atoms with Gasteiger partial charge in [-0.3, -0.25) is 0 Å². The third kappa shape index (κ3) is 3.95.